The third kappa shape index (κ3) is 7.21. The fourth-order valence-electron chi connectivity index (χ4n) is 2.45. The molecule has 1 aromatic rings. The Balaban J connectivity index is 3.50. The molecule has 0 aromatic heterocycles. The molecule has 160 valence electrons. The maximum Gasteiger partial charge on any atom is 0.250 e. The van der Waals surface area contributed by atoms with Gasteiger partial charge in [0.15, 0.2) is 0 Å². The molecule has 0 spiro atoms. The van der Waals surface area contributed by atoms with Gasteiger partial charge in [-0.25, -0.2) is 0 Å². The highest BCUT2D eigenvalue weighted by Gasteiger charge is 2.26. The van der Waals surface area contributed by atoms with Gasteiger partial charge in [0.25, 0.3) is 5.91 Å². The largest absolute Gasteiger partial charge is 0.366 e. The first-order chi connectivity index (χ1) is 13.5. The average Bonchev–Trinajstić information content (AvgIpc) is 2.61. The summed E-state index contributed by atoms with van der Waals surface area (Å²) in [6.07, 6.45) is 2.73. The van der Waals surface area contributed by atoms with Crippen molar-refractivity contribution in [1.29, 1.82) is 0 Å². The van der Waals surface area contributed by atoms with E-state index in [1.54, 1.807) is 20.8 Å². The van der Waals surface area contributed by atoms with E-state index >= 15 is 0 Å². The summed E-state index contributed by atoms with van der Waals surface area (Å²) >= 11 is 0. The van der Waals surface area contributed by atoms with E-state index in [0.29, 0.717) is 24.9 Å². The molecule has 8 heteroatoms. The molecule has 0 aliphatic carbocycles. The lowest BCUT2D eigenvalue weighted by molar-refractivity contribution is -0.123. The Morgan fingerprint density at radius 1 is 0.862 bits per heavy atom. The van der Waals surface area contributed by atoms with E-state index < -0.39 is 11.3 Å². The van der Waals surface area contributed by atoms with E-state index in [9.17, 15) is 19.2 Å². The molecule has 1 rings (SSSR count). The van der Waals surface area contributed by atoms with Crippen LogP contribution >= 0.6 is 0 Å². The summed E-state index contributed by atoms with van der Waals surface area (Å²) in [5, 5.41) is 8.17. The monoisotopic (exact) mass is 404 g/mol. The lowest BCUT2D eigenvalue weighted by Crippen LogP contribution is -2.30. The van der Waals surface area contributed by atoms with Gasteiger partial charge in [-0.1, -0.05) is 41.0 Å². The quantitative estimate of drug-likeness (QED) is 0.500. The van der Waals surface area contributed by atoms with Crippen molar-refractivity contribution in [2.24, 2.45) is 11.1 Å². The number of hydrogen-bond acceptors (Lipinski definition) is 4. The van der Waals surface area contributed by atoms with E-state index in [0.717, 1.165) is 6.42 Å². The molecule has 8 nitrogen and oxygen atoms in total. The SMILES string of the molecule is CCCCC(=O)Nc1c(NC(=O)CCC)ccc(C(N)=O)c1NC(=O)C(C)(C)C. The van der Waals surface area contributed by atoms with Gasteiger partial charge in [-0.3, -0.25) is 19.2 Å². The van der Waals surface area contributed by atoms with Gasteiger partial charge in [0.1, 0.15) is 0 Å². The van der Waals surface area contributed by atoms with Gasteiger partial charge in [-0.15, -0.1) is 0 Å². The standard InChI is InChI=1S/C21H32N4O4/c1-6-8-10-16(27)24-18-14(23-15(26)9-7-2)12-11-13(19(22)28)17(18)25-20(29)21(3,4)5/h11-12H,6-10H2,1-5H3,(H2,22,28)(H,23,26)(H,24,27)(H,25,29). The van der Waals surface area contributed by atoms with E-state index in [-0.39, 0.29) is 41.1 Å². The Labute approximate surface area is 172 Å². The summed E-state index contributed by atoms with van der Waals surface area (Å²) in [5.74, 6) is -1.65. The Hall–Kier alpha value is -2.90. The number of hydrogen-bond donors (Lipinski definition) is 4. The summed E-state index contributed by atoms with van der Waals surface area (Å²) in [7, 11) is 0. The molecule has 0 fully saturated rings. The van der Waals surface area contributed by atoms with Crippen LogP contribution in [0, 0.1) is 5.41 Å². The Kier molecular flexibility index (Phi) is 8.82. The van der Waals surface area contributed by atoms with Crippen LogP contribution in [0.4, 0.5) is 17.1 Å². The summed E-state index contributed by atoms with van der Waals surface area (Å²) in [6, 6.07) is 2.92. The molecule has 5 N–H and O–H groups in total. The van der Waals surface area contributed by atoms with Gasteiger partial charge in [-0.05, 0) is 25.0 Å². The van der Waals surface area contributed by atoms with Crippen LogP contribution in [-0.2, 0) is 14.4 Å². The first kappa shape index (κ1) is 24.1. The van der Waals surface area contributed by atoms with Crippen molar-refractivity contribution in [3.63, 3.8) is 0 Å². The molecule has 0 radical (unpaired) electrons. The molecule has 0 aliphatic rings. The zero-order valence-corrected chi connectivity index (χ0v) is 17.9. The Morgan fingerprint density at radius 3 is 2.00 bits per heavy atom. The first-order valence-corrected chi connectivity index (χ1v) is 9.89. The van der Waals surface area contributed by atoms with Crippen LogP contribution in [-0.4, -0.2) is 23.6 Å². The molecule has 4 amide bonds. The van der Waals surface area contributed by atoms with Gasteiger partial charge in [0, 0.05) is 18.3 Å². The maximum atomic E-state index is 12.6. The van der Waals surface area contributed by atoms with Crippen LogP contribution in [0.2, 0.25) is 0 Å². The highest BCUT2D eigenvalue weighted by atomic mass is 16.2. The molecule has 1 aromatic carbocycles. The summed E-state index contributed by atoms with van der Waals surface area (Å²) < 4.78 is 0. The number of carbonyl (C=O) groups excluding carboxylic acids is 4. The average molecular weight is 405 g/mol. The molecular formula is C21H32N4O4. The Morgan fingerprint density at radius 2 is 1.48 bits per heavy atom. The van der Waals surface area contributed by atoms with Gasteiger partial charge in [0.2, 0.25) is 17.7 Å². The van der Waals surface area contributed by atoms with Crippen LogP contribution < -0.4 is 21.7 Å². The number of nitrogens with two attached hydrogens (primary N) is 1. The molecular weight excluding hydrogens is 372 g/mol. The van der Waals surface area contributed by atoms with E-state index in [1.807, 2.05) is 13.8 Å². The number of nitrogens with one attached hydrogen (secondary N) is 3. The lowest BCUT2D eigenvalue weighted by Gasteiger charge is -2.23. The topological polar surface area (TPSA) is 130 Å². The van der Waals surface area contributed by atoms with Gasteiger partial charge < -0.3 is 21.7 Å². The number of carbonyl (C=O) groups is 4. The molecule has 0 aliphatic heterocycles. The molecule has 29 heavy (non-hydrogen) atoms. The molecule has 0 saturated carbocycles. The van der Waals surface area contributed by atoms with Crippen molar-refractivity contribution in [3.05, 3.63) is 17.7 Å². The third-order valence-electron chi connectivity index (χ3n) is 4.16. The number of benzene rings is 1. The van der Waals surface area contributed by atoms with Crippen molar-refractivity contribution in [3.8, 4) is 0 Å². The summed E-state index contributed by atoms with van der Waals surface area (Å²) in [4.78, 5) is 49.1. The van der Waals surface area contributed by atoms with E-state index in [2.05, 4.69) is 16.0 Å². The number of unbranched alkanes of at least 4 members (excludes halogenated alkanes) is 1. The second kappa shape index (κ2) is 10.6. The van der Waals surface area contributed by atoms with Crippen LogP contribution in [0.15, 0.2) is 12.1 Å². The first-order valence-electron chi connectivity index (χ1n) is 9.89. The van der Waals surface area contributed by atoms with E-state index in [1.165, 1.54) is 12.1 Å². The van der Waals surface area contributed by atoms with Gasteiger partial charge in [0.05, 0.1) is 22.6 Å². The number of anilines is 3. The minimum Gasteiger partial charge on any atom is -0.366 e. The zero-order chi connectivity index (χ0) is 22.2. The summed E-state index contributed by atoms with van der Waals surface area (Å²) in [6.45, 7) is 9.00. The summed E-state index contributed by atoms with van der Waals surface area (Å²) in [5.41, 5.74) is 5.31. The van der Waals surface area contributed by atoms with Crippen LogP contribution in [0.1, 0.15) is 77.1 Å². The van der Waals surface area contributed by atoms with Crippen molar-refractivity contribution in [2.75, 3.05) is 16.0 Å². The van der Waals surface area contributed by atoms with Crippen molar-refractivity contribution < 1.29 is 19.2 Å². The highest BCUT2D eigenvalue weighted by Crippen LogP contribution is 2.36. The van der Waals surface area contributed by atoms with Gasteiger partial charge in [-0.2, -0.15) is 0 Å². The number of rotatable bonds is 9. The maximum absolute atomic E-state index is 12.6. The van der Waals surface area contributed by atoms with Crippen LogP contribution in [0.3, 0.4) is 0 Å². The number of primary amides is 1. The van der Waals surface area contributed by atoms with Crippen LogP contribution in [0.5, 0.6) is 0 Å². The Bertz CT molecular complexity index is 782. The molecule has 0 heterocycles. The van der Waals surface area contributed by atoms with Crippen molar-refractivity contribution in [1.82, 2.24) is 0 Å². The molecule has 0 bridgehead atoms. The van der Waals surface area contributed by atoms with Crippen molar-refractivity contribution >= 4 is 40.7 Å². The zero-order valence-electron chi connectivity index (χ0n) is 17.9. The third-order valence-corrected chi connectivity index (χ3v) is 4.16. The molecule has 0 unspecified atom stereocenters. The van der Waals surface area contributed by atoms with Crippen molar-refractivity contribution in [2.45, 2.75) is 66.7 Å². The van der Waals surface area contributed by atoms with E-state index in [4.69, 9.17) is 5.73 Å². The number of amides is 4. The lowest BCUT2D eigenvalue weighted by atomic mass is 9.95. The van der Waals surface area contributed by atoms with Gasteiger partial charge >= 0.3 is 0 Å². The highest BCUT2D eigenvalue weighted by molar-refractivity contribution is 6.13. The van der Waals surface area contributed by atoms with Crippen LogP contribution in [0.25, 0.3) is 0 Å². The smallest absolute Gasteiger partial charge is 0.250 e. The normalized spacial score (nSPS) is 10.9. The molecule has 0 atom stereocenters. The second-order valence-corrected chi connectivity index (χ2v) is 7.93. The predicted octanol–water partition coefficient (Wildman–Crippen LogP) is 3.64. The fourth-order valence-corrected chi connectivity index (χ4v) is 2.45. The fraction of sp³-hybridized carbons (Fsp3) is 0.524. The second-order valence-electron chi connectivity index (χ2n) is 7.93. The molecule has 0 saturated heterocycles. The minimum absolute atomic E-state index is 0.0434. The minimum atomic E-state index is -0.760. The predicted molar refractivity (Wildman–Crippen MR) is 115 cm³/mol.